The zero-order valence-corrected chi connectivity index (χ0v) is 53.4. The Labute approximate surface area is 518 Å². The summed E-state index contributed by atoms with van der Waals surface area (Å²) in [5.74, 6) is 2.16. The molecular weight excluding hydrogens is 1120 g/mol. The van der Waals surface area contributed by atoms with Crippen LogP contribution in [0.4, 0.5) is 55.8 Å². The van der Waals surface area contributed by atoms with Crippen molar-refractivity contribution in [3.05, 3.63) is 47.0 Å². The Balaban J connectivity index is 0.000000188. The maximum Gasteiger partial charge on any atom is 0.248 e. The molecule has 5 aliphatic rings. The topological polar surface area (TPSA) is 346 Å². The standard InChI is InChI=1S/C17H23F2N5O.C17H25N5O.C16H25N5O.C13H21N5/c18-17(19)6-4-13(5-7-17)22-16-21-9-12(8-20)15(24-16)23-14-3-1-2-11(14)10-25;1-11-6-7-14(8-15(11)23)22(2)16-12(9-18)10-19-17(21-16)20-13-4-3-5-13;1-4-16(2,3)21-14-11(9-17)10-18-15(20-14)19-12-5-7-13(22)8-6-12;1-12(2,3)17-10-9(7-14)8-15-11(16-10)18-13(4,5)6/h9,11,13-14,25H,1-7,10H2,(H2,21,22,23,24);10-11,13-15,23H,3-8H2,1-2H3,(H,19,20,21);10,12-13,22H,4-8H2,1-3H3,(H2,18,19,20,21);8H,1-6H3,(H2,15,16,17,18)/t11-,14-;11-,14-,15-;;/m11../s1. The van der Waals surface area contributed by atoms with Gasteiger partial charge in [-0.3, -0.25) is 0 Å². The van der Waals surface area contributed by atoms with E-state index < -0.39 is 5.92 Å². The van der Waals surface area contributed by atoms with Gasteiger partial charge in [0.25, 0.3) is 0 Å². The minimum Gasteiger partial charge on any atom is -0.396 e. The first kappa shape index (κ1) is 69.5. The minimum atomic E-state index is -2.57. The number of aliphatic hydroxyl groups excluding tert-OH is 3. The molecule has 5 atom stereocenters. The molecule has 0 saturated heterocycles. The van der Waals surface area contributed by atoms with Crippen LogP contribution >= 0.6 is 0 Å². The van der Waals surface area contributed by atoms with Crippen molar-refractivity contribution in [2.24, 2.45) is 11.8 Å². The molecular formula is C63H94F2N20O3. The molecule has 5 saturated carbocycles. The van der Waals surface area contributed by atoms with Crippen LogP contribution in [0.5, 0.6) is 0 Å². The molecule has 0 radical (unpaired) electrons. The summed E-state index contributed by atoms with van der Waals surface area (Å²) >= 11 is 0. The van der Waals surface area contributed by atoms with Crippen molar-refractivity contribution < 1.29 is 24.1 Å². The number of aromatic nitrogens is 8. The van der Waals surface area contributed by atoms with Crippen LogP contribution in [0, 0.1) is 57.2 Å². The summed E-state index contributed by atoms with van der Waals surface area (Å²) in [6.07, 6.45) is 19.7. The second kappa shape index (κ2) is 31.6. The van der Waals surface area contributed by atoms with Crippen molar-refractivity contribution >= 4 is 47.1 Å². The lowest BCUT2D eigenvalue weighted by Gasteiger charge is -2.37. The molecule has 88 heavy (non-hydrogen) atoms. The van der Waals surface area contributed by atoms with Gasteiger partial charge in [-0.2, -0.15) is 41.0 Å². The molecule has 5 fully saturated rings. The lowest BCUT2D eigenvalue weighted by atomic mass is 9.84. The molecule has 4 aromatic rings. The minimum absolute atomic E-state index is 0.0771. The number of nitrogens with zero attached hydrogens (tertiary/aromatic N) is 13. The Hall–Kier alpha value is -7.58. The lowest BCUT2D eigenvalue weighted by molar-refractivity contribution is -0.0361. The average molecular weight is 1220 g/mol. The number of rotatable bonds is 16. The van der Waals surface area contributed by atoms with Gasteiger partial charge >= 0.3 is 0 Å². The molecule has 23 nitrogen and oxygen atoms in total. The molecule has 478 valence electrons. The fourth-order valence-corrected chi connectivity index (χ4v) is 10.7. The van der Waals surface area contributed by atoms with Crippen molar-refractivity contribution in [3.8, 4) is 24.3 Å². The van der Waals surface area contributed by atoms with Crippen LogP contribution in [0.2, 0.25) is 0 Å². The van der Waals surface area contributed by atoms with E-state index in [1.54, 1.807) is 12.4 Å². The first-order chi connectivity index (χ1) is 41.6. The van der Waals surface area contributed by atoms with Crippen LogP contribution in [-0.2, 0) is 0 Å². The van der Waals surface area contributed by atoms with Crippen LogP contribution in [0.1, 0.15) is 207 Å². The monoisotopic (exact) mass is 1220 g/mol. The number of hydrogen-bond donors (Lipinski definition) is 10. The molecule has 10 N–H and O–H groups in total. The largest absolute Gasteiger partial charge is 0.396 e. The summed E-state index contributed by atoms with van der Waals surface area (Å²) in [6.45, 7) is 20.6. The highest BCUT2D eigenvalue weighted by Crippen LogP contribution is 2.36. The van der Waals surface area contributed by atoms with E-state index in [1.165, 1.54) is 18.8 Å². The zero-order chi connectivity index (χ0) is 64.4. The number of nitrogens with one attached hydrogen (secondary N) is 7. The fourth-order valence-electron chi connectivity index (χ4n) is 10.7. The van der Waals surface area contributed by atoms with Gasteiger partial charge < -0.3 is 57.4 Å². The molecule has 4 heterocycles. The van der Waals surface area contributed by atoms with E-state index in [-0.39, 0.29) is 78.4 Å². The first-order valence-corrected chi connectivity index (χ1v) is 31.2. The number of alkyl halides is 2. The van der Waals surface area contributed by atoms with Crippen molar-refractivity contribution in [2.45, 2.75) is 250 Å². The van der Waals surface area contributed by atoms with Crippen LogP contribution in [0.3, 0.4) is 0 Å². The summed E-state index contributed by atoms with van der Waals surface area (Å²) in [7, 11) is 1.96. The van der Waals surface area contributed by atoms with Gasteiger partial charge in [0, 0.05) is 79.2 Å². The highest BCUT2D eigenvalue weighted by atomic mass is 19.3. The summed E-state index contributed by atoms with van der Waals surface area (Å²) in [5.41, 5.74) is 1.32. The van der Waals surface area contributed by atoms with Gasteiger partial charge in [-0.1, -0.05) is 20.3 Å². The number of hydrogen-bond acceptors (Lipinski definition) is 23. The normalized spacial score (nSPS) is 22.6. The van der Waals surface area contributed by atoms with E-state index in [2.05, 4.69) is 129 Å². The Morgan fingerprint density at radius 3 is 1.53 bits per heavy atom. The third kappa shape index (κ3) is 21.6. The van der Waals surface area contributed by atoms with E-state index >= 15 is 0 Å². The van der Waals surface area contributed by atoms with Gasteiger partial charge in [-0.05, 0) is 158 Å². The number of aliphatic hydroxyl groups is 3. The maximum atomic E-state index is 13.3. The van der Waals surface area contributed by atoms with Crippen LogP contribution < -0.4 is 42.1 Å². The third-order valence-corrected chi connectivity index (χ3v) is 16.7. The van der Waals surface area contributed by atoms with Crippen LogP contribution in [0.25, 0.3) is 0 Å². The number of anilines is 8. The van der Waals surface area contributed by atoms with E-state index in [0.717, 1.165) is 83.5 Å². The van der Waals surface area contributed by atoms with Gasteiger partial charge in [-0.25, -0.2) is 28.7 Å². The number of halogens is 2. The molecule has 0 aromatic carbocycles. The van der Waals surface area contributed by atoms with Crippen molar-refractivity contribution in [2.75, 3.05) is 55.8 Å². The number of nitriles is 4. The van der Waals surface area contributed by atoms with Gasteiger partial charge in [0.05, 0.1) is 37.0 Å². The summed E-state index contributed by atoms with van der Waals surface area (Å²) in [5, 5.41) is 88.8. The fraction of sp³-hybridized carbons (Fsp3) is 0.683. The summed E-state index contributed by atoms with van der Waals surface area (Å²) < 4.78 is 26.5. The predicted octanol–water partition coefficient (Wildman–Crippen LogP) is 10.6. The Morgan fingerprint density at radius 1 is 0.568 bits per heavy atom. The average Bonchev–Trinajstić information content (AvgIpc) is 3.34. The molecule has 0 amide bonds. The zero-order valence-electron chi connectivity index (χ0n) is 53.4. The maximum absolute atomic E-state index is 13.3. The SMILES string of the molecule is CC(C)(C)Nc1ncc(C#N)c(NC(C)(C)C)n1.CCC(C)(C)Nc1nc(NC2CCC(O)CC2)ncc1C#N.C[C@@H]1CC[C@@H](N(C)c2nc(NC3CCC3)ncc2C#N)C[C@H]1O.N#Cc1cnc(NC2CCC(F)(F)CC2)nc1N[C@@H]1CCC[C@@H]1CO. The van der Waals surface area contributed by atoms with E-state index in [4.69, 9.17) is 5.26 Å². The quantitative estimate of drug-likeness (QED) is 0.0498. The third-order valence-electron chi connectivity index (χ3n) is 16.7. The Kier molecular flexibility index (Phi) is 24.9. The van der Waals surface area contributed by atoms with E-state index in [1.807, 2.05) is 53.5 Å². The van der Waals surface area contributed by atoms with Crippen LogP contribution in [0.15, 0.2) is 24.8 Å². The van der Waals surface area contributed by atoms with Crippen molar-refractivity contribution in [1.29, 1.82) is 21.0 Å². The Bertz CT molecular complexity index is 3050. The molecule has 5 aliphatic carbocycles. The Morgan fingerprint density at radius 2 is 1.03 bits per heavy atom. The van der Waals surface area contributed by atoms with Crippen LogP contribution in [-0.4, -0.2) is 134 Å². The molecule has 9 rings (SSSR count). The molecule has 0 bridgehead atoms. The summed E-state index contributed by atoms with van der Waals surface area (Å²) in [6, 6.07) is 9.41. The second-order valence-electron chi connectivity index (χ2n) is 26.8. The van der Waals surface area contributed by atoms with E-state index in [9.17, 15) is 39.9 Å². The van der Waals surface area contributed by atoms with Gasteiger partial charge in [0.2, 0.25) is 29.7 Å². The first-order valence-electron chi connectivity index (χ1n) is 31.2. The molecule has 4 aromatic heterocycles. The molecule has 0 spiro atoms. The van der Waals surface area contributed by atoms with Gasteiger partial charge in [0.1, 0.15) is 64.0 Å². The highest BCUT2D eigenvalue weighted by molar-refractivity contribution is 5.58. The van der Waals surface area contributed by atoms with Crippen molar-refractivity contribution in [1.82, 2.24) is 39.9 Å². The van der Waals surface area contributed by atoms with Crippen molar-refractivity contribution in [3.63, 3.8) is 0 Å². The molecule has 0 aliphatic heterocycles. The lowest BCUT2D eigenvalue weighted by Crippen LogP contribution is -2.41. The predicted molar refractivity (Wildman–Crippen MR) is 339 cm³/mol. The smallest absolute Gasteiger partial charge is 0.248 e. The highest BCUT2D eigenvalue weighted by Gasteiger charge is 2.36. The van der Waals surface area contributed by atoms with Gasteiger partial charge in [-0.15, -0.1) is 0 Å². The molecule has 0 unspecified atom stereocenters. The molecule has 25 heteroatoms. The second-order valence-corrected chi connectivity index (χ2v) is 26.8. The van der Waals surface area contributed by atoms with Gasteiger partial charge in [0.15, 0.2) is 5.82 Å². The summed E-state index contributed by atoms with van der Waals surface area (Å²) in [4.78, 5) is 36.6. The van der Waals surface area contributed by atoms with E-state index in [0.29, 0.717) is 94.1 Å².